The van der Waals surface area contributed by atoms with Gasteiger partial charge in [-0.3, -0.25) is 9.59 Å². The maximum Gasteiger partial charge on any atom is 0.223 e. The van der Waals surface area contributed by atoms with E-state index in [4.69, 9.17) is 11.5 Å². The topological polar surface area (TPSA) is 89.4 Å². The normalized spacial score (nSPS) is 28.4. The van der Waals surface area contributed by atoms with Crippen molar-refractivity contribution in [3.8, 4) is 0 Å². The largest absolute Gasteiger partial charge is 0.370 e. The van der Waals surface area contributed by atoms with E-state index < -0.39 is 5.91 Å². The van der Waals surface area contributed by atoms with Crippen molar-refractivity contribution in [2.24, 2.45) is 11.5 Å². The van der Waals surface area contributed by atoms with E-state index in [1.807, 2.05) is 23.1 Å². The average molecular weight is 301 g/mol. The molecule has 0 aliphatic heterocycles. The van der Waals surface area contributed by atoms with E-state index in [0.717, 1.165) is 25.7 Å². The van der Waals surface area contributed by atoms with Crippen LogP contribution >= 0.6 is 0 Å². The molecule has 0 saturated heterocycles. The molecule has 4 rings (SSSR count). The van der Waals surface area contributed by atoms with E-state index >= 15 is 0 Å². The van der Waals surface area contributed by atoms with Gasteiger partial charge in [0.25, 0.3) is 0 Å². The summed E-state index contributed by atoms with van der Waals surface area (Å²) in [6.45, 7) is 0.678. The van der Waals surface area contributed by atoms with Crippen molar-refractivity contribution in [1.82, 2.24) is 4.90 Å². The summed E-state index contributed by atoms with van der Waals surface area (Å²) in [5.74, 6) is -0.402. The van der Waals surface area contributed by atoms with Crippen LogP contribution in [-0.4, -0.2) is 34.3 Å². The number of rotatable bonds is 7. The molecule has 0 radical (unpaired) electrons. The van der Waals surface area contributed by atoms with Crippen LogP contribution in [0.3, 0.4) is 0 Å². The lowest BCUT2D eigenvalue weighted by Crippen LogP contribution is -2.82. The second-order valence-electron chi connectivity index (χ2n) is 6.86. The van der Waals surface area contributed by atoms with Crippen LogP contribution in [0.15, 0.2) is 30.3 Å². The molecule has 22 heavy (non-hydrogen) atoms. The highest BCUT2D eigenvalue weighted by Crippen LogP contribution is 2.62. The molecule has 2 bridgehead atoms. The molecule has 3 aliphatic rings. The molecule has 0 unspecified atom stereocenters. The van der Waals surface area contributed by atoms with Gasteiger partial charge in [0.15, 0.2) is 0 Å². The Morgan fingerprint density at radius 2 is 1.73 bits per heavy atom. The van der Waals surface area contributed by atoms with Gasteiger partial charge >= 0.3 is 0 Å². The first-order valence-electron chi connectivity index (χ1n) is 7.84. The summed E-state index contributed by atoms with van der Waals surface area (Å²) in [6, 6.07) is 10.1. The maximum atomic E-state index is 12.5. The molecule has 0 spiro atoms. The lowest BCUT2D eigenvalue weighted by molar-refractivity contribution is -0.180. The van der Waals surface area contributed by atoms with Crippen LogP contribution in [0.2, 0.25) is 0 Å². The van der Waals surface area contributed by atoms with Gasteiger partial charge in [-0.05, 0) is 31.2 Å². The van der Waals surface area contributed by atoms with Gasteiger partial charge in [0.05, 0.1) is 0 Å². The molecular formula is C17H23N3O2. The highest BCUT2D eigenvalue weighted by atomic mass is 16.2. The van der Waals surface area contributed by atoms with Crippen molar-refractivity contribution in [3.05, 3.63) is 35.9 Å². The maximum absolute atomic E-state index is 12.5. The minimum atomic E-state index is -0.427. The lowest BCUT2D eigenvalue weighted by atomic mass is 9.44. The molecule has 3 fully saturated rings. The number of hydrogen-bond acceptors (Lipinski definition) is 3. The van der Waals surface area contributed by atoms with Crippen LogP contribution in [0.25, 0.3) is 0 Å². The Morgan fingerprint density at radius 1 is 1.09 bits per heavy atom. The Kier molecular flexibility index (Phi) is 3.68. The van der Waals surface area contributed by atoms with Gasteiger partial charge in [-0.15, -0.1) is 0 Å². The number of carbonyl (C=O) groups is 2. The van der Waals surface area contributed by atoms with Crippen LogP contribution in [0, 0.1) is 0 Å². The Labute approximate surface area is 130 Å². The first kappa shape index (κ1) is 15.0. The van der Waals surface area contributed by atoms with E-state index in [9.17, 15) is 9.59 Å². The van der Waals surface area contributed by atoms with Crippen molar-refractivity contribution >= 4 is 11.8 Å². The molecule has 0 heterocycles. The SMILES string of the molecule is NC(=O)CCC(=O)N(CCc1ccccc1)C12CC(N)(C1)C2. The van der Waals surface area contributed by atoms with E-state index in [-0.39, 0.29) is 29.8 Å². The van der Waals surface area contributed by atoms with Crippen LogP contribution in [0.4, 0.5) is 0 Å². The Balaban J connectivity index is 1.64. The van der Waals surface area contributed by atoms with Crippen LogP contribution < -0.4 is 11.5 Å². The van der Waals surface area contributed by atoms with E-state index in [0.29, 0.717) is 6.54 Å². The Hall–Kier alpha value is -1.88. The Morgan fingerprint density at radius 3 is 2.27 bits per heavy atom. The lowest BCUT2D eigenvalue weighted by Gasteiger charge is -2.72. The summed E-state index contributed by atoms with van der Waals surface area (Å²) in [7, 11) is 0. The van der Waals surface area contributed by atoms with Crippen molar-refractivity contribution in [1.29, 1.82) is 0 Å². The zero-order chi connectivity index (χ0) is 15.8. The smallest absolute Gasteiger partial charge is 0.223 e. The van der Waals surface area contributed by atoms with Crippen LogP contribution in [0.5, 0.6) is 0 Å². The van der Waals surface area contributed by atoms with Gasteiger partial charge in [-0.1, -0.05) is 30.3 Å². The number of carbonyl (C=O) groups excluding carboxylic acids is 2. The van der Waals surface area contributed by atoms with E-state index in [2.05, 4.69) is 12.1 Å². The van der Waals surface area contributed by atoms with Gasteiger partial charge < -0.3 is 16.4 Å². The molecule has 2 amide bonds. The quantitative estimate of drug-likeness (QED) is 0.786. The summed E-state index contributed by atoms with van der Waals surface area (Å²) < 4.78 is 0. The molecule has 5 nitrogen and oxygen atoms in total. The molecule has 1 aromatic rings. The molecule has 5 heteroatoms. The number of primary amides is 1. The van der Waals surface area contributed by atoms with Gasteiger partial charge in [0.2, 0.25) is 11.8 Å². The summed E-state index contributed by atoms with van der Waals surface area (Å²) in [5.41, 5.74) is 12.4. The molecule has 4 N–H and O–H groups in total. The number of hydrogen-bond donors (Lipinski definition) is 2. The van der Waals surface area contributed by atoms with Gasteiger partial charge in [-0.25, -0.2) is 0 Å². The highest BCUT2D eigenvalue weighted by molar-refractivity contribution is 5.83. The minimum Gasteiger partial charge on any atom is -0.370 e. The molecule has 0 atom stereocenters. The molecule has 3 aliphatic carbocycles. The van der Waals surface area contributed by atoms with Crippen molar-refractivity contribution in [3.63, 3.8) is 0 Å². The molecule has 0 aromatic heterocycles. The third-order valence-electron chi connectivity index (χ3n) is 4.97. The monoisotopic (exact) mass is 301 g/mol. The van der Waals surface area contributed by atoms with Crippen LogP contribution in [0.1, 0.15) is 37.7 Å². The number of benzene rings is 1. The summed E-state index contributed by atoms with van der Waals surface area (Å²) >= 11 is 0. The fourth-order valence-electron chi connectivity index (χ4n) is 3.97. The number of nitrogens with two attached hydrogens (primary N) is 2. The standard InChI is InChI=1S/C17H23N3O2/c18-14(21)6-7-15(22)20(17-10-16(19,11-17)12-17)9-8-13-4-2-1-3-5-13/h1-5H,6-12,19H2,(H2,18,21). The van der Waals surface area contributed by atoms with E-state index in [1.54, 1.807) is 0 Å². The molecule has 118 valence electrons. The van der Waals surface area contributed by atoms with Gasteiger partial charge in [-0.2, -0.15) is 0 Å². The number of amides is 2. The third-order valence-corrected chi connectivity index (χ3v) is 4.97. The second-order valence-corrected chi connectivity index (χ2v) is 6.86. The van der Waals surface area contributed by atoms with Crippen molar-refractivity contribution in [2.45, 2.75) is 49.6 Å². The average Bonchev–Trinajstić information content (AvgIpc) is 2.43. The van der Waals surface area contributed by atoms with Gasteiger partial charge in [0.1, 0.15) is 0 Å². The van der Waals surface area contributed by atoms with Crippen molar-refractivity contribution in [2.75, 3.05) is 6.54 Å². The molecular weight excluding hydrogens is 278 g/mol. The summed E-state index contributed by atoms with van der Waals surface area (Å²) in [6.07, 6.45) is 3.79. The van der Waals surface area contributed by atoms with Crippen LogP contribution in [-0.2, 0) is 16.0 Å². The number of nitrogens with zero attached hydrogens (tertiary/aromatic N) is 1. The highest BCUT2D eigenvalue weighted by Gasteiger charge is 2.69. The summed E-state index contributed by atoms with van der Waals surface area (Å²) in [4.78, 5) is 25.4. The molecule has 1 aromatic carbocycles. The first-order valence-corrected chi connectivity index (χ1v) is 7.84. The van der Waals surface area contributed by atoms with Crippen molar-refractivity contribution < 1.29 is 9.59 Å². The fraction of sp³-hybridized carbons (Fsp3) is 0.529. The summed E-state index contributed by atoms with van der Waals surface area (Å²) in [5, 5.41) is 0. The Bertz CT molecular complexity index is 565. The zero-order valence-corrected chi connectivity index (χ0v) is 12.8. The fourth-order valence-corrected chi connectivity index (χ4v) is 3.97. The third kappa shape index (κ3) is 2.73. The minimum absolute atomic E-state index is 0.0245. The second kappa shape index (κ2) is 5.39. The van der Waals surface area contributed by atoms with Gasteiger partial charge in [0, 0.05) is 30.5 Å². The molecule has 3 saturated carbocycles. The first-order chi connectivity index (χ1) is 10.4. The zero-order valence-electron chi connectivity index (χ0n) is 12.8. The predicted octanol–water partition coefficient (Wildman–Crippen LogP) is 0.957. The van der Waals surface area contributed by atoms with E-state index in [1.165, 1.54) is 5.56 Å². The predicted molar refractivity (Wildman–Crippen MR) is 83.8 cm³/mol.